The second-order valence-corrected chi connectivity index (χ2v) is 7.05. The Bertz CT molecular complexity index is 577. The molecule has 0 rings (SSSR count). The normalized spacial score (nSPS) is 10.7. The summed E-state index contributed by atoms with van der Waals surface area (Å²) < 4.78 is 25.4. The molecule has 198 valence electrons. The number of alkyl carbamates (subject to hydrolysis) is 1. The lowest BCUT2D eigenvalue weighted by molar-refractivity contribution is -0.150. The quantitative estimate of drug-likeness (QED) is 0.122. The van der Waals surface area contributed by atoms with Gasteiger partial charge in [-0.1, -0.05) is 6.92 Å². The van der Waals surface area contributed by atoms with Crippen LogP contribution in [-0.2, 0) is 38.1 Å². The SMILES string of the molecule is CCCOC(=O)NCCOCCOCCNC(=O)COCC(=O)OCCN(CCO)CC(C)=O. The molecule has 3 N–H and O–H groups in total. The smallest absolute Gasteiger partial charge is 0.407 e. The molecule has 0 aromatic heterocycles. The van der Waals surface area contributed by atoms with Crippen LogP contribution in [0.4, 0.5) is 4.79 Å². The van der Waals surface area contributed by atoms with E-state index in [4.69, 9.17) is 28.8 Å². The molecule has 0 unspecified atom stereocenters. The van der Waals surface area contributed by atoms with E-state index in [-0.39, 0.29) is 51.9 Å². The van der Waals surface area contributed by atoms with Crippen molar-refractivity contribution in [3.63, 3.8) is 0 Å². The summed E-state index contributed by atoms with van der Waals surface area (Å²) in [4.78, 5) is 47.3. The van der Waals surface area contributed by atoms with Crippen LogP contribution in [0.15, 0.2) is 0 Å². The Morgan fingerprint density at radius 3 is 2.09 bits per heavy atom. The Hall–Kier alpha value is -2.32. The molecule has 0 radical (unpaired) electrons. The molecule has 0 aliphatic heterocycles. The summed E-state index contributed by atoms with van der Waals surface area (Å²) in [6.45, 7) is 5.68. The van der Waals surface area contributed by atoms with Crippen molar-refractivity contribution in [3.05, 3.63) is 0 Å². The van der Waals surface area contributed by atoms with Crippen LogP contribution in [0.2, 0.25) is 0 Å². The number of esters is 1. The number of aliphatic hydroxyl groups excluding tert-OH is 1. The van der Waals surface area contributed by atoms with Gasteiger partial charge in [-0.2, -0.15) is 0 Å². The first-order valence-electron chi connectivity index (χ1n) is 11.3. The van der Waals surface area contributed by atoms with Crippen molar-refractivity contribution in [2.24, 2.45) is 0 Å². The van der Waals surface area contributed by atoms with Gasteiger partial charge in [-0.3, -0.25) is 14.5 Å². The Balaban J connectivity index is 3.54. The third kappa shape index (κ3) is 21.5. The molecule has 0 aromatic carbocycles. The van der Waals surface area contributed by atoms with Crippen LogP contribution in [0.25, 0.3) is 0 Å². The molecule has 0 spiro atoms. The summed E-state index contributed by atoms with van der Waals surface area (Å²) >= 11 is 0. The first-order valence-corrected chi connectivity index (χ1v) is 11.3. The van der Waals surface area contributed by atoms with Crippen molar-refractivity contribution in [2.45, 2.75) is 20.3 Å². The summed E-state index contributed by atoms with van der Waals surface area (Å²) in [6.07, 6.45) is 0.297. The van der Waals surface area contributed by atoms with E-state index < -0.39 is 18.0 Å². The van der Waals surface area contributed by atoms with E-state index >= 15 is 0 Å². The maximum absolute atomic E-state index is 11.7. The molecule has 13 heteroatoms. The van der Waals surface area contributed by atoms with Crippen molar-refractivity contribution in [1.29, 1.82) is 0 Å². The fourth-order valence-electron chi connectivity index (χ4n) is 2.39. The minimum atomic E-state index is -0.629. The first kappa shape index (κ1) is 31.7. The second-order valence-electron chi connectivity index (χ2n) is 7.05. The van der Waals surface area contributed by atoms with Crippen molar-refractivity contribution >= 4 is 23.8 Å². The molecular formula is C21H39N3O10. The van der Waals surface area contributed by atoms with Gasteiger partial charge in [0.1, 0.15) is 25.6 Å². The minimum absolute atomic E-state index is 0.0464. The number of carbonyl (C=O) groups excluding carboxylic acids is 4. The zero-order valence-electron chi connectivity index (χ0n) is 20.2. The molecular weight excluding hydrogens is 454 g/mol. The van der Waals surface area contributed by atoms with Gasteiger partial charge in [0, 0.05) is 26.2 Å². The number of nitrogens with one attached hydrogen (secondary N) is 2. The van der Waals surface area contributed by atoms with Crippen molar-refractivity contribution < 1.29 is 48.0 Å². The van der Waals surface area contributed by atoms with E-state index in [9.17, 15) is 19.2 Å². The maximum atomic E-state index is 11.7. The molecule has 34 heavy (non-hydrogen) atoms. The molecule has 0 saturated carbocycles. The van der Waals surface area contributed by atoms with Crippen molar-refractivity contribution in [1.82, 2.24) is 15.5 Å². The van der Waals surface area contributed by atoms with Gasteiger partial charge >= 0.3 is 12.1 Å². The van der Waals surface area contributed by atoms with Gasteiger partial charge in [-0.25, -0.2) is 9.59 Å². The molecule has 0 bridgehead atoms. The van der Waals surface area contributed by atoms with Crippen LogP contribution in [0.1, 0.15) is 20.3 Å². The largest absolute Gasteiger partial charge is 0.463 e. The Kier molecular flexibility index (Phi) is 20.9. The van der Waals surface area contributed by atoms with Crippen LogP contribution in [0.3, 0.4) is 0 Å². The summed E-state index contributed by atoms with van der Waals surface area (Å²) in [5, 5.41) is 14.1. The highest BCUT2D eigenvalue weighted by Crippen LogP contribution is 1.91. The third-order valence-electron chi connectivity index (χ3n) is 3.88. The fraction of sp³-hybridized carbons (Fsp3) is 0.810. The molecule has 0 aliphatic rings. The topological polar surface area (TPSA) is 162 Å². The van der Waals surface area contributed by atoms with Crippen LogP contribution < -0.4 is 10.6 Å². The van der Waals surface area contributed by atoms with Crippen LogP contribution in [0.5, 0.6) is 0 Å². The number of amides is 2. The summed E-state index contributed by atoms with van der Waals surface area (Å²) in [7, 11) is 0. The van der Waals surface area contributed by atoms with E-state index in [1.807, 2.05) is 6.92 Å². The van der Waals surface area contributed by atoms with Gasteiger partial charge in [-0.05, 0) is 13.3 Å². The van der Waals surface area contributed by atoms with Crippen molar-refractivity contribution in [3.8, 4) is 0 Å². The number of Topliss-reactive ketones (excluding diaryl/α,β-unsaturated/α-hetero) is 1. The average molecular weight is 494 g/mol. The molecule has 0 heterocycles. The van der Waals surface area contributed by atoms with E-state index in [0.717, 1.165) is 6.42 Å². The number of hydrogen-bond donors (Lipinski definition) is 3. The average Bonchev–Trinajstić information content (AvgIpc) is 2.78. The second kappa shape index (κ2) is 22.5. The highest BCUT2D eigenvalue weighted by molar-refractivity contribution is 5.78. The Morgan fingerprint density at radius 1 is 0.794 bits per heavy atom. The standard InChI is InChI=1S/C21H39N3O10/c1-3-9-34-21(29)23-5-11-31-14-13-30-10-4-22-19(27)16-32-17-20(28)33-12-7-24(6-8-25)15-18(2)26/h25H,3-17H2,1-2H3,(H,22,27)(H,23,29). The molecule has 0 atom stereocenters. The molecule has 0 aliphatic carbocycles. The number of ether oxygens (including phenoxy) is 5. The zero-order chi connectivity index (χ0) is 25.4. The number of ketones is 1. The van der Waals surface area contributed by atoms with Gasteiger partial charge in [0.15, 0.2) is 0 Å². The molecule has 0 saturated heterocycles. The van der Waals surface area contributed by atoms with Crippen LogP contribution in [-0.4, -0.2) is 126 Å². The summed E-state index contributed by atoms with van der Waals surface area (Å²) in [5.41, 5.74) is 0. The fourth-order valence-corrected chi connectivity index (χ4v) is 2.39. The Morgan fingerprint density at radius 2 is 1.47 bits per heavy atom. The van der Waals surface area contributed by atoms with Gasteiger partial charge in [0.05, 0.1) is 46.2 Å². The van der Waals surface area contributed by atoms with Crippen molar-refractivity contribution in [2.75, 3.05) is 92.2 Å². The van der Waals surface area contributed by atoms with E-state index in [1.165, 1.54) is 6.92 Å². The number of hydrogen-bond acceptors (Lipinski definition) is 11. The number of aliphatic hydroxyl groups is 1. The lowest BCUT2D eigenvalue weighted by atomic mass is 10.4. The first-order chi connectivity index (χ1) is 16.4. The Labute approximate surface area is 200 Å². The van der Waals surface area contributed by atoms with Gasteiger partial charge in [0.2, 0.25) is 5.91 Å². The molecule has 2 amide bonds. The van der Waals surface area contributed by atoms with E-state index in [1.54, 1.807) is 4.90 Å². The minimum Gasteiger partial charge on any atom is -0.463 e. The monoisotopic (exact) mass is 493 g/mol. The highest BCUT2D eigenvalue weighted by atomic mass is 16.6. The van der Waals surface area contributed by atoms with Gasteiger partial charge in [-0.15, -0.1) is 0 Å². The lowest BCUT2D eigenvalue weighted by Crippen LogP contribution is -2.35. The van der Waals surface area contributed by atoms with Crippen LogP contribution in [0, 0.1) is 0 Å². The highest BCUT2D eigenvalue weighted by Gasteiger charge is 2.10. The number of carbonyl (C=O) groups is 4. The molecule has 0 aromatic rings. The van der Waals surface area contributed by atoms with Gasteiger partial charge < -0.3 is 39.4 Å². The zero-order valence-corrected chi connectivity index (χ0v) is 20.2. The summed E-state index contributed by atoms with van der Waals surface area (Å²) in [6, 6.07) is 0. The van der Waals surface area contributed by atoms with E-state index in [0.29, 0.717) is 46.1 Å². The molecule has 13 nitrogen and oxygen atoms in total. The predicted octanol–water partition coefficient (Wildman–Crippen LogP) is -1.28. The maximum Gasteiger partial charge on any atom is 0.407 e. The van der Waals surface area contributed by atoms with Crippen LogP contribution >= 0.6 is 0 Å². The lowest BCUT2D eigenvalue weighted by Gasteiger charge is -2.19. The summed E-state index contributed by atoms with van der Waals surface area (Å²) in [5.74, 6) is -1.08. The van der Waals surface area contributed by atoms with E-state index in [2.05, 4.69) is 10.6 Å². The number of rotatable bonds is 22. The molecule has 0 fully saturated rings. The predicted molar refractivity (Wildman–Crippen MR) is 120 cm³/mol. The van der Waals surface area contributed by atoms with Gasteiger partial charge in [0.25, 0.3) is 0 Å². The number of nitrogens with zero attached hydrogens (tertiary/aromatic N) is 1. The third-order valence-corrected chi connectivity index (χ3v) is 3.88.